The molecule has 1 fully saturated rings. The molecular formula is C18H19F3N4O3. The summed E-state index contributed by atoms with van der Waals surface area (Å²) in [6.07, 6.45) is -1.38. The summed E-state index contributed by atoms with van der Waals surface area (Å²) in [5, 5.41) is 15.7. The number of urea groups is 1. The molecule has 2 amide bonds. The van der Waals surface area contributed by atoms with Crippen LogP contribution in [0.1, 0.15) is 11.1 Å². The van der Waals surface area contributed by atoms with Crippen LogP contribution in [0.25, 0.3) is 0 Å². The Morgan fingerprint density at radius 1 is 1.18 bits per heavy atom. The first-order valence-corrected chi connectivity index (χ1v) is 8.61. The lowest BCUT2D eigenvalue weighted by Gasteiger charge is -2.18. The van der Waals surface area contributed by atoms with E-state index in [1.165, 1.54) is 0 Å². The van der Waals surface area contributed by atoms with Crippen LogP contribution in [0.2, 0.25) is 0 Å². The molecule has 0 aliphatic carbocycles. The van der Waals surface area contributed by atoms with Crippen LogP contribution in [0.15, 0.2) is 42.7 Å². The average Bonchev–Trinajstić information content (AvgIpc) is 3.27. The van der Waals surface area contributed by atoms with Crippen LogP contribution in [-0.4, -0.2) is 51.1 Å². The van der Waals surface area contributed by atoms with Crippen molar-refractivity contribution in [1.29, 1.82) is 0 Å². The topological polar surface area (TPSA) is 87.5 Å². The highest BCUT2D eigenvalue weighted by Crippen LogP contribution is 2.37. The number of halogens is 3. The number of aliphatic carboxylic acids is 1. The second-order valence-corrected chi connectivity index (χ2v) is 6.69. The molecule has 2 N–H and O–H groups in total. The lowest BCUT2D eigenvalue weighted by molar-refractivity contribution is -0.187. The summed E-state index contributed by atoms with van der Waals surface area (Å²) in [5.41, 5.74) is 1.74. The third kappa shape index (κ3) is 4.62. The number of hydrogen-bond acceptors (Lipinski definition) is 3. The van der Waals surface area contributed by atoms with Crippen molar-refractivity contribution in [3.8, 4) is 0 Å². The van der Waals surface area contributed by atoms with E-state index >= 15 is 0 Å². The van der Waals surface area contributed by atoms with Crippen molar-refractivity contribution in [2.75, 3.05) is 13.1 Å². The number of alkyl halides is 3. The summed E-state index contributed by atoms with van der Waals surface area (Å²) in [6.45, 7) is -0.509. The molecule has 0 saturated carbocycles. The Morgan fingerprint density at radius 3 is 2.50 bits per heavy atom. The lowest BCUT2D eigenvalue weighted by Crippen LogP contribution is -2.39. The monoisotopic (exact) mass is 396 g/mol. The summed E-state index contributed by atoms with van der Waals surface area (Å²) in [6, 6.07) is 8.90. The predicted octanol–water partition coefficient (Wildman–Crippen LogP) is 2.34. The Labute approximate surface area is 158 Å². The number of nitrogens with zero attached hydrogens (tertiary/aromatic N) is 3. The molecule has 10 heteroatoms. The normalized spacial score (nSPS) is 19.6. The van der Waals surface area contributed by atoms with E-state index in [1.54, 1.807) is 17.1 Å². The van der Waals surface area contributed by atoms with Crippen LogP contribution >= 0.6 is 0 Å². The van der Waals surface area contributed by atoms with Crippen molar-refractivity contribution >= 4 is 12.0 Å². The Morgan fingerprint density at radius 2 is 1.89 bits per heavy atom. The van der Waals surface area contributed by atoms with Gasteiger partial charge in [-0.1, -0.05) is 30.3 Å². The lowest BCUT2D eigenvalue weighted by atomic mass is 9.96. The fourth-order valence-corrected chi connectivity index (χ4v) is 3.20. The quantitative estimate of drug-likeness (QED) is 0.812. The van der Waals surface area contributed by atoms with E-state index in [0.29, 0.717) is 12.1 Å². The first-order chi connectivity index (χ1) is 13.2. The molecule has 0 radical (unpaired) electrons. The fourth-order valence-electron chi connectivity index (χ4n) is 3.20. The molecule has 2 atom stereocenters. The van der Waals surface area contributed by atoms with Gasteiger partial charge in [-0.3, -0.25) is 9.48 Å². The smallest absolute Gasteiger partial charge is 0.394 e. The molecule has 1 aliphatic heterocycles. The van der Waals surface area contributed by atoms with Crippen LogP contribution in [0.5, 0.6) is 0 Å². The van der Waals surface area contributed by atoms with Gasteiger partial charge in [-0.15, -0.1) is 0 Å². The maximum absolute atomic E-state index is 13.0. The van der Waals surface area contributed by atoms with E-state index < -0.39 is 43.1 Å². The molecule has 28 heavy (non-hydrogen) atoms. The summed E-state index contributed by atoms with van der Waals surface area (Å²) in [4.78, 5) is 24.2. The Bertz CT molecular complexity index is 838. The number of carbonyl (C=O) groups is 2. The minimum absolute atomic E-state index is 0.0819. The molecule has 3 rings (SSSR count). The zero-order valence-corrected chi connectivity index (χ0v) is 14.8. The van der Waals surface area contributed by atoms with Gasteiger partial charge in [-0.05, 0) is 5.56 Å². The molecule has 0 bridgehead atoms. The Hall–Kier alpha value is -3.04. The van der Waals surface area contributed by atoms with Crippen molar-refractivity contribution in [1.82, 2.24) is 20.0 Å². The highest BCUT2D eigenvalue weighted by atomic mass is 19.4. The molecule has 150 valence electrons. The van der Waals surface area contributed by atoms with Gasteiger partial charge in [-0.2, -0.15) is 18.3 Å². The van der Waals surface area contributed by atoms with Gasteiger partial charge < -0.3 is 15.3 Å². The van der Waals surface area contributed by atoms with Crippen LogP contribution in [0.4, 0.5) is 18.0 Å². The number of hydrogen-bond donors (Lipinski definition) is 2. The predicted molar refractivity (Wildman–Crippen MR) is 92.3 cm³/mol. The van der Waals surface area contributed by atoms with Gasteiger partial charge in [0.25, 0.3) is 0 Å². The van der Waals surface area contributed by atoms with Gasteiger partial charge >= 0.3 is 18.2 Å². The molecular weight excluding hydrogens is 377 g/mol. The highest BCUT2D eigenvalue weighted by molar-refractivity contribution is 5.77. The third-order valence-electron chi connectivity index (χ3n) is 4.66. The highest BCUT2D eigenvalue weighted by Gasteiger charge is 2.53. The molecule has 0 spiro atoms. The molecule has 1 saturated heterocycles. The van der Waals surface area contributed by atoms with Crippen LogP contribution in [0.3, 0.4) is 0 Å². The van der Waals surface area contributed by atoms with Crippen LogP contribution < -0.4 is 5.32 Å². The van der Waals surface area contributed by atoms with E-state index in [2.05, 4.69) is 10.4 Å². The maximum atomic E-state index is 13.0. The first kappa shape index (κ1) is 19.7. The van der Waals surface area contributed by atoms with Crippen molar-refractivity contribution in [2.24, 2.45) is 11.8 Å². The largest absolute Gasteiger partial charge is 0.481 e. The number of carboxylic acid groups (broad SMARTS) is 1. The second-order valence-electron chi connectivity index (χ2n) is 6.69. The zero-order valence-electron chi connectivity index (χ0n) is 14.8. The second kappa shape index (κ2) is 7.91. The van der Waals surface area contributed by atoms with Gasteiger partial charge in [0.1, 0.15) is 0 Å². The minimum atomic E-state index is -4.67. The van der Waals surface area contributed by atoms with Crippen LogP contribution in [0, 0.1) is 11.8 Å². The standard InChI is InChI=1S/C18H19F3N4O3/c19-18(20,21)15-11-24(10-14(15)16(26)27)17(28)22-6-13-7-23-25(9-13)8-12-4-2-1-3-5-12/h1-5,7,9,14-15H,6,8,10-11H2,(H,22,28)(H,26,27)/t14-,15-/m1/s1. The zero-order chi connectivity index (χ0) is 20.3. The van der Waals surface area contributed by atoms with Crippen molar-refractivity contribution in [3.63, 3.8) is 0 Å². The van der Waals surface area contributed by atoms with E-state index in [9.17, 15) is 22.8 Å². The van der Waals surface area contributed by atoms with Gasteiger partial charge in [-0.25, -0.2) is 4.79 Å². The number of benzene rings is 1. The van der Waals surface area contributed by atoms with Crippen molar-refractivity contribution in [2.45, 2.75) is 19.3 Å². The van der Waals surface area contributed by atoms with E-state index in [1.807, 2.05) is 30.3 Å². The fraction of sp³-hybridized carbons (Fsp3) is 0.389. The minimum Gasteiger partial charge on any atom is -0.481 e. The van der Waals surface area contributed by atoms with Gasteiger partial charge in [0, 0.05) is 31.4 Å². The number of likely N-dealkylation sites (tertiary alicyclic amines) is 1. The molecule has 1 aromatic heterocycles. The van der Waals surface area contributed by atoms with Gasteiger partial charge in [0.2, 0.25) is 0 Å². The van der Waals surface area contributed by atoms with Gasteiger partial charge in [0.05, 0.1) is 24.6 Å². The average molecular weight is 396 g/mol. The molecule has 2 aromatic rings. The molecule has 0 unspecified atom stereocenters. The van der Waals surface area contributed by atoms with Gasteiger partial charge in [0.15, 0.2) is 0 Å². The molecule has 2 heterocycles. The summed E-state index contributed by atoms with van der Waals surface area (Å²) < 4.78 is 40.7. The van der Waals surface area contributed by atoms with Crippen LogP contribution in [-0.2, 0) is 17.9 Å². The first-order valence-electron chi connectivity index (χ1n) is 8.61. The number of carboxylic acids is 1. The van der Waals surface area contributed by atoms with E-state index in [-0.39, 0.29) is 6.54 Å². The molecule has 1 aromatic carbocycles. The van der Waals surface area contributed by atoms with Crippen molar-refractivity contribution < 1.29 is 27.9 Å². The Balaban J connectivity index is 1.55. The summed E-state index contributed by atoms with van der Waals surface area (Å²) in [5.74, 6) is -5.27. The molecule has 1 aliphatic rings. The van der Waals surface area contributed by atoms with Crippen molar-refractivity contribution in [3.05, 3.63) is 53.9 Å². The summed E-state index contributed by atoms with van der Waals surface area (Å²) in [7, 11) is 0. The third-order valence-corrected chi connectivity index (χ3v) is 4.66. The van der Waals surface area contributed by atoms with E-state index in [0.717, 1.165) is 10.5 Å². The number of amides is 2. The summed E-state index contributed by atoms with van der Waals surface area (Å²) >= 11 is 0. The Kier molecular flexibility index (Phi) is 5.57. The number of nitrogens with one attached hydrogen (secondary N) is 1. The molecule has 7 nitrogen and oxygen atoms in total. The number of rotatable bonds is 5. The number of carbonyl (C=O) groups excluding carboxylic acids is 1. The van der Waals surface area contributed by atoms with E-state index in [4.69, 9.17) is 5.11 Å². The SMILES string of the molecule is O=C(O)[C@@H]1CN(C(=O)NCc2cnn(Cc3ccccc3)c2)C[C@H]1C(F)(F)F. The number of aromatic nitrogens is 2. The maximum Gasteiger partial charge on any atom is 0.394 e.